The maximum absolute atomic E-state index is 6.07. The summed E-state index contributed by atoms with van der Waals surface area (Å²) >= 11 is 0. The van der Waals surface area contributed by atoms with Crippen molar-refractivity contribution < 1.29 is 0 Å². The summed E-state index contributed by atoms with van der Waals surface area (Å²) in [6.07, 6.45) is 0. The third-order valence-electron chi connectivity index (χ3n) is 3.99. The molecule has 0 radical (unpaired) electrons. The van der Waals surface area contributed by atoms with Crippen LogP contribution in [0.1, 0.15) is 11.3 Å². The molecule has 1 aliphatic rings. The number of pyridine rings is 1. The SMILES string of the molecule is Cc1cccc(N2CCN(c3nc(C)ccc3N)CC2)c1. The van der Waals surface area contributed by atoms with Gasteiger partial charge in [0, 0.05) is 37.6 Å². The molecule has 21 heavy (non-hydrogen) atoms. The molecule has 1 aromatic carbocycles. The number of benzene rings is 1. The van der Waals surface area contributed by atoms with Crippen LogP contribution in [0.25, 0.3) is 0 Å². The highest BCUT2D eigenvalue weighted by Crippen LogP contribution is 2.24. The van der Waals surface area contributed by atoms with Gasteiger partial charge in [0.15, 0.2) is 5.82 Å². The molecule has 2 aromatic rings. The van der Waals surface area contributed by atoms with E-state index in [2.05, 4.69) is 46.0 Å². The standard InChI is InChI=1S/C17H22N4/c1-13-4-3-5-15(12-13)20-8-10-21(11-9-20)17-16(18)7-6-14(2)19-17/h3-7,12H,8-11,18H2,1-2H3. The van der Waals surface area contributed by atoms with Crippen molar-refractivity contribution in [2.24, 2.45) is 0 Å². The van der Waals surface area contributed by atoms with Crippen LogP contribution < -0.4 is 15.5 Å². The Morgan fingerprint density at radius 2 is 1.67 bits per heavy atom. The molecule has 4 heteroatoms. The second-order valence-corrected chi connectivity index (χ2v) is 5.68. The van der Waals surface area contributed by atoms with Crippen molar-refractivity contribution in [3.05, 3.63) is 47.7 Å². The summed E-state index contributed by atoms with van der Waals surface area (Å²) in [5.74, 6) is 0.930. The molecule has 1 aliphatic heterocycles. The lowest BCUT2D eigenvalue weighted by Gasteiger charge is -2.37. The lowest BCUT2D eigenvalue weighted by molar-refractivity contribution is 0.647. The molecule has 0 bridgehead atoms. The smallest absolute Gasteiger partial charge is 0.152 e. The van der Waals surface area contributed by atoms with Crippen LogP contribution in [0.4, 0.5) is 17.2 Å². The first-order chi connectivity index (χ1) is 10.1. The molecule has 1 fully saturated rings. The Balaban J connectivity index is 1.72. The minimum Gasteiger partial charge on any atom is -0.396 e. The summed E-state index contributed by atoms with van der Waals surface area (Å²) in [4.78, 5) is 9.30. The summed E-state index contributed by atoms with van der Waals surface area (Å²) in [7, 11) is 0. The fraction of sp³-hybridized carbons (Fsp3) is 0.353. The zero-order valence-electron chi connectivity index (χ0n) is 12.7. The van der Waals surface area contributed by atoms with E-state index in [0.29, 0.717) is 0 Å². The summed E-state index contributed by atoms with van der Waals surface area (Å²) in [6, 6.07) is 12.6. The highest BCUT2D eigenvalue weighted by Gasteiger charge is 2.20. The molecule has 0 saturated carbocycles. The van der Waals surface area contributed by atoms with Gasteiger partial charge in [0.05, 0.1) is 5.69 Å². The third kappa shape index (κ3) is 2.94. The van der Waals surface area contributed by atoms with Crippen molar-refractivity contribution in [2.45, 2.75) is 13.8 Å². The van der Waals surface area contributed by atoms with Gasteiger partial charge in [-0.25, -0.2) is 4.98 Å². The van der Waals surface area contributed by atoms with Crippen LogP contribution in [0.15, 0.2) is 36.4 Å². The van der Waals surface area contributed by atoms with Gasteiger partial charge in [-0.15, -0.1) is 0 Å². The Hall–Kier alpha value is -2.23. The number of piperazine rings is 1. The quantitative estimate of drug-likeness (QED) is 0.919. The van der Waals surface area contributed by atoms with E-state index in [0.717, 1.165) is 43.4 Å². The fourth-order valence-electron chi connectivity index (χ4n) is 2.81. The summed E-state index contributed by atoms with van der Waals surface area (Å²) in [6.45, 7) is 8.04. The van der Waals surface area contributed by atoms with Crippen LogP contribution in [0, 0.1) is 13.8 Å². The van der Waals surface area contributed by atoms with E-state index in [9.17, 15) is 0 Å². The molecule has 4 nitrogen and oxygen atoms in total. The fourth-order valence-corrected chi connectivity index (χ4v) is 2.81. The lowest BCUT2D eigenvalue weighted by atomic mass is 10.2. The number of aromatic nitrogens is 1. The van der Waals surface area contributed by atoms with Crippen LogP contribution in [-0.2, 0) is 0 Å². The molecule has 2 heterocycles. The molecule has 0 unspecified atom stereocenters. The molecule has 0 aliphatic carbocycles. The molecule has 1 saturated heterocycles. The first-order valence-corrected chi connectivity index (χ1v) is 7.43. The highest BCUT2D eigenvalue weighted by molar-refractivity contribution is 5.63. The first kappa shape index (κ1) is 13.7. The van der Waals surface area contributed by atoms with Crippen LogP contribution in [0.2, 0.25) is 0 Å². The van der Waals surface area contributed by atoms with Crippen LogP contribution in [0.3, 0.4) is 0 Å². The minimum atomic E-state index is 0.768. The molecule has 110 valence electrons. The monoisotopic (exact) mass is 282 g/mol. The molecule has 0 atom stereocenters. The van der Waals surface area contributed by atoms with Crippen LogP contribution in [-0.4, -0.2) is 31.2 Å². The normalized spacial score (nSPS) is 15.3. The number of hydrogen-bond donors (Lipinski definition) is 1. The number of nitrogens with two attached hydrogens (primary N) is 1. The summed E-state index contributed by atoms with van der Waals surface area (Å²) < 4.78 is 0. The van der Waals surface area contributed by atoms with E-state index in [1.165, 1.54) is 11.3 Å². The highest BCUT2D eigenvalue weighted by atomic mass is 15.3. The van der Waals surface area contributed by atoms with Gasteiger partial charge in [0.25, 0.3) is 0 Å². The first-order valence-electron chi connectivity index (χ1n) is 7.43. The van der Waals surface area contributed by atoms with Crippen molar-refractivity contribution in [3.8, 4) is 0 Å². The van der Waals surface area contributed by atoms with Crippen molar-refractivity contribution in [1.82, 2.24) is 4.98 Å². The average molecular weight is 282 g/mol. The van der Waals surface area contributed by atoms with E-state index in [-0.39, 0.29) is 0 Å². The zero-order valence-corrected chi connectivity index (χ0v) is 12.7. The van der Waals surface area contributed by atoms with E-state index in [4.69, 9.17) is 5.73 Å². The lowest BCUT2D eigenvalue weighted by Crippen LogP contribution is -2.47. The second-order valence-electron chi connectivity index (χ2n) is 5.68. The van der Waals surface area contributed by atoms with Crippen LogP contribution >= 0.6 is 0 Å². The van der Waals surface area contributed by atoms with Gasteiger partial charge in [-0.3, -0.25) is 0 Å². The average Bonchev–Trinajstić information content (AvgIpc) is 2.50. The molecule has 0 amide bonds. The van der Waals surface area contributed by atoms with E-state index in [1.807, 2.05) is 19.1 Å². The van der Waals surface area contributed by atoms with Gasteiger partial charge in [0.1, 0.15) is 0 Å². The van der Waals surface area contributed by atoms with E-state index in [1.54, 1.807) is 0 Å². The molecular formula is C17H22N4. The van der Waals surface area contributed by atoms with Crippen molar-refractivity contribution in [3.63, 3.8) is 0 Å². The number of rotatable bonds is 2. The van der Waals surface area contributed by atoms with Crippen molar-refractivity contribution in [1.29, 1.82) is 0 Å². The molecule has 3 rings (SSSR count). The van der Waals surface area contributed by atoms with Gasteiger partial charge in [-0.05, 0) is 43.7 Å². The third-order valence-corrected chi connectivity index (χ3v) is 3.99. The minimum absolute atomic E-state index is 0.768. The van der Waals surface area contributed by atoms with Gasteiger partial charge in [0.2, 0.25) is 0 Å². The zero-order chi connectivity index (χ0) is 14.8. The van der Waals surface area contributed by atoms with Crippen molar-refractivity contribution in [2.75, 3.05) is 41.7 Å². The molecule has 1 aromatic heterocycles. The van der Waals surface area contributed by atoms with Gasteiger partial charge in [-0.2, -0.15) is 0 Å². The number of hydrogen-bond acceptors (Lipinski definition) is 4. The number of anilines is 3. The van der Waals surface area contributed by atoms with Gasteiger partial charge in [-0.1, -0.05) is 12.1 Å². The number of nitrogen functional groups attached to an aromatic ring is 1. The maximum atomic E-state index is 6.07. The number of aryl methyl sites for hydroxylation is 2. The van der Waals surface area contributed by atoms with Crippen LogP contribution in [0.5, 0.6) is 0 Å². The van der Waals surface area contributed by atoms with Crippen molar-refractivity contribution >= 4 is 17.2 Å². The van der Waals surface area contributed by atoms with Gasteiger partial charge < -0.3 is 15.5 Å². The Morgan fingerprint density at radius 1 is 0.952 bits per heavy atom. The topological polar surface area (TPSA) is 45.4 Å². The molecule has 2 N–H and O–H groups in total. The maximum Gasteiger partial charge on any atom is 0.152 e. The summed E-state index contributed by atoms with van der Waals surface area (Å²) in [5, 5.41) is 0. The molecule has 0 spiro atoms. The second kappa shape index (κ2) is 5.64. The Bertz CT molecular complexity index is 630. The molecular weight excluding hydrogens is 260 g/mol. The Kier molecular flexibility index (Phi) is 3.69. The predicted molar refractivity (Wildman–Crippen MR) is 89.0 cm³/mol. The van der Waals surface area contributed by atoms with E-state index < -0.39 is 0 Å². The van der Waals surface area contributed by atoms with Gasteiger partial charge >= 0.3 is 0 Å². The predicted octanol–water partition coefficient (Wildman–Crippen LogP) is 2.61. The van der Waals surface area contributed by atoms with E-state index >= 15 is 0 Å². The Labute approximate surface area is 126 Å². The number of nitrogens with zero attached hydrogens (tertiary/aromatic N) is 3. The largest absolute Gasteiger partial charge is 0.396 e. The summed E-state index contributed by atoms with van der Waals surface area (Å²) in [5.41, 5.74) is 10.5. The Morgan fingerprint density at radius 3 is 2.38 bits per heavy atom.